The number of fused-ring (bicyclic) bond motifs is 1. The molecule has 5 rings (SSSR count). The zero-order valence-corrected chi connectivity index (χ0v) is 19.2. The highest BCUT2D eigenvalue weighted by atomic mass is 16.2. The van der Waals surface area contributed by atoms with E-state index in [1.165, 1.54) is 6.42 Å². The third kappa shape index (κ3) is 4.71. The maximum absolute atomic E-state index is 12.8. The van der Waals surface area contributed by atoms with Crippen molar-refractivity contribution in [3.63, 3.8) is 0 Å². The molecule has 2 unspecified atom stereocenters. The predicted octanol–water partition coefficient (Wildman–Crippen LogP) is 6.25. The first-order chi connectivity index (χ1) is 16.6. The summed E-state index contributed by atoms with van der Waals surface area (Å²) in [6.07, 6.45) is 7.64. The highest BCUT2D eigenvalue weighted by molar-refractivity contribution is 6.04. The van der Waals surface area contributed by atoms with E-state index in [2.05, 4.69) is 33.6 Å². The molecule has 0 saturated heterocycles. The predicted molar refractivity (Wildman–Crippen MR) is 136 cm³/mol. The molecule has 1 fully saturated rings. The van der Waals surface area contributed by atoms with Gasteiger partial charge in [0.15, 0.2) is 0 Å². The van der Waals surface area contributed by atoms with Crippen LogP contribution in [0.1, 0.15) is 43.0 Å². The van der Waals surface area contributed by atoms with Crippen molar-refractivity contribution in [2.24, 2.45) is 11.8 Å². The van der Waals surface area contributed by atoms with Gasteiger partial charge >= 0.3 is 0 Å². The number of H-pyrrole nitrogens is 1. The van der Waals surface area contributed by atoms with E-state index in [9.17, 15) is 9.59 Å². The zero-order valence-electron chi connectivity index (χ0n) is 19.2. The SMILES string of the molecule is CC1CCCCC1C(=O)Nc1ccc2[nH]c(-c3ccc(NC(=O)c4cccnc4)cc3)cc2c1. The molecule has 1 aliphatic carbocycles. The van der Waals surface area contributed by atoms with Gasteiger partial charge in [0.25, 0.3) is 5.91 Å². The van der Waals surface area contributed by atoms with Gasteiger partial charge in [-0.3, -0.25) is 14.6 Å². The second-order valence-corrected chi connectivity index (χ2v) is 9.12. The van der Waals surface area contributed by atoms with Crippen LogP contribution in [0.15, 0.2) is 73.1 Å². The molecule has 0 bridgehead atoms. The lowest BCUT2D eigenvalue weighted by molar-refractivity contribution is -0.122. The molecule has 34 heavy (non-hydrogen) atoms. The fourth-order valence-electron chi connectivity index (χ4n) is 4.74. The quantitative estimate of drug-likeness (QED) is 0.335. The number of amides is 2. The van der Waals surface area contributed by atoms with Gasteiger partial charge in [-0.15, -0.1) is 0 Å². The van der Waals surface area contributed by atoms with Crippen molar-refractivity contribution in [3.8, 4) is 11.3 Å². The van der Waals surface area contributed by atoms with Gasteiger partial charge in [0.2, 0.25) is 5.91 Å². The van der Waals surface area contributed by atoms with Crippen LogP contribution in [0.25, 0.3) is 22.2 Å². The van der Waals surface area contributed by atoms with Gasteiger partial charge in [0.05, 0.1) is 5.56 Å². The van der Waals surface area contributed by atoms with Crippen LogP contribution in [0.3, 0.4) is 0 Å². The average Bonchev–Trinajstić information content (AvgIpc) is 3.29. The third-order valence-electron chi connectivity index (χ3n) is 6.71. The molecule has 2 aromatic carbocycles. The number of hydrogen-bond acceptors (Lipinski definition) is 3. The highest BCUT2D eigenvalue weighted by Crippen LogP contribution is 2.31. The molecule has 4 aromatic rings. The Kier molecular flexibility index (Phi) is 6.12. The molecule has 0 radical (unpaired) electrons. The lowest BCUT2D eigenvalue weighted by Crippen LogP contribution is -2.30. The molecule has 6 nitrogen and oxygen atoms in total. The van der Waals surface area contributed by atoms with Crippen LogP contribution in [-0.2, 0) is 4.79 Å². The van der Waals surface area contributed by atoms with E-state index in [0.717, 1.165) is 52.8 Å². The molecule has 3 N–H and O–H groups in total. The molecular weight excluding hydrogens is 424 g/mol. The fourth-order valence-corrected chi connectivity index (χ4v) is 4.74. The lowest BCUT2D eigenvalue weighted by Gasteiger charge is -2.27. The summed E-state index contributed by atoms with van der Waals surface area (Å²) >= 11 is 0. The number of aromatic amines is 1. The van der Waals surface area contributed by atoms with Crippen LogP contribution in [0.2, 0.25) is 0 Å². The third-order valence-corrected chi connectivity index (χ3v) is 6.71. The molecule has 0 spiro atoms. The second kappa shape index (κ2) is 9.51. The number of nitrogens with one attached hydrogen (secondary N) is 3. The van der Waals surface area contributed by atoms with Crippen LogP contribution < -0.4 is 10.6 Å². The minimum atomic E-state index is -0.191. The van der Waals surface area contributed by atoms with Crippen LogP contribution in [-0.4, -0.2) is 21.8 Å². The van der Waals surface area contributed by atoms with Crippen molar-refractivity contribution in [1.29, 1.82) is 0 Å². The van der Waals surface area contributed by atoms with Crippen molar-refractivity contribution >= 4 is 34.1 Å². The van der Waals surface area contributed by atoms with E-state index in [4.69, 9.17) is 0 Å². The Morgan fingerprint density at radius 2 is 1.74 bits per heavy atom. The molecule has 2 atom stereocenters. The van der Waals surface area contributed by atoms with E-state index >= 15 is 0 Å². The van der Waals surface area contributed by atoms with Crippen molar-refractivity contribution in [3.05, 3.63) is 78.6 Å². The Hall–Kier alpha value is -3.93. The zero-order chi connectivity index (χ0) is 23.5. The van der Waals surface area contributed by atoms with Crippen LogP contribution in [0.4, 0.5) is 11.4 Å². The molecule has 172 valence electrons. The van der Waals surface area contributed by atoms with Gasteiger partial charge in [-0.2, -0.15) is 0 Å². The molecule has 2 heterocycles. The first-order valence-corrected chi connectivity index (χ1v) is 11.8. The Labute approximate surface area is 198 Å². The summed E-state index contributed by atoms with van der Waals surface area (Å²) in [5.74, 6) is 0.478. The fraction of sp³-hybridized carbons (Fsp3) is 0.250. The van der Waals surface area contributed by atoms with Gasteiger partial charge in [-0.1, -0.05) is 31.9 Å². The first-order valence-electron chi connectivity index (χ1n) is 11.8. The summed E-state index contributed by atoms with van der Waals surface area (Å²) in [4.78, 5) is 32.5. The number of pyridine rings is 1. The van der Waals surface area contributed by atoms with Gasteiger partial charge < -0.3 is 15.6 Å². The number of rotatable bonds is 5. The largest absolute Gasteiger partial charge is 0.355 e. The summed E-state index contributed by atoms with van der Waals surface area (Å²) in [5.41, 5.74) is 5.06. The van der Waals surface area contributed by atoms with Crippen molar-refractivity contribution in [1.82, 2.24) is 9.97 Å². The summed E-state index contributed by atoms with van der Waals surface area (Å²) < 4.78 is 0. The molecular formula is C28H28N4O2. The number of nitrogens with zero attached hydrogens (tertiary/aromatic N) is 1. The minimum Gasteiger partial charge on any atom is -0.355 e. The average molecular weight is 453 g/mol. The molecule has 2 aromatic heterocycles. The number of hydrogen-bond donors (Lipinski definition) is 3. The molecule has 0 aliphatic heterocycles. The molecule has 6 heteroatoms. The Morgan fingerprint density at radius 3 is 2.50 bits per heavy atom. The number of carbonyl (C=O) groups is 2. The van der Waals surface area contributed by atoms with Crippen molar-refractivity contribution in [2.75, 3.05) is 10.6 Å². The number of aromatic nitrogens is 2. The Bertz CT molecular complexity index is 1310. The highest BCUT2D eigenvalue weighted by Gasteiger charge is 2.27. The Balaban J connectivity index is 1.28. The normalized spacial score (nSPS) is 17.9. The number of carbonyl (C=O) groups excluding carboxylic acids is 2. The van der Waals surface area contributed by atoms with E-state index in [1.54, 1.807) is 24.5 Å². The van der Waals surface area contributed by atoms with Gasteiger partial charge in [-0.25, -0.2) is 0 Å². The van der Waals surface area contributed by atoms with Crippen molar-refractivity contribution in [2.45, 2.75) is 32.6 Å². The molecule has 2 amide bonds. The summed E-state index contributed by atoms with van der Waals surface area (Å²) in [5, 5.41) is 7.05. The number of benzene rings is 2. The smallest absolute Gasteiger partial charge is 0.257 e. The van der Waals surface area contributed by atoms with Gasteiger partial charge in [0, 0.05) is 46.3 Å². The Morgan fingerprint density at radius 1 is 0.941 bits per heavy atom. The maximum atomic E-state index is 12.8. The van der Waals surface area contributed by atoms with Crippen LogP contribution in [0, 0.1) is 11.8 Å². The standard InChI is InChI=1S/C28H28N4O2/c1-18-5-2-3-7-24(18)28(34)31-23-12-13-25-21(15-23)16-26(32-25)19-8-10-22(11-9-19)30-27(33)20-6-4-14-29-17-20/h4,6,8-18,24,32H,2-3,5,7H2,1H3,(H,30,33)(H,31,34). The molecule has 1 aliphatic rings. The first kappa shape index (κ1) is 21.9. The van der Waals surface area contributed by atoms with E-state index in [-0.39, 0.29) is 17.7 Å². The number of anilines is 2. The van der Waals surface area contributed by atoms with E-state index in [0.29, 0.717) is 11.5 Å². The summed E-state index contributed by atoms with van der Waals surface area (Å²) in [6, 6.07) is 19.2. The lowest BCUT2D eigenvalue weighted by atomic mass is 9.80. The topological polar surface area (TPSA) is 86.9 Å². The summed E-state index contributed by atoms with van der Waals surface area (Å²) in [6.45, 7) is 2.18. The van der Waals surface area contributed by atoms with Gasteiger partial charge in [0.1, 0.15) is 0 Å². The molecule has 1 saturated carbocycles. The van der Waals surface area contributed by atoms with Gasteiger partial charge in [-0.05, 0) is 72.9 Å². The monoisotopic (exact) mass is 452 g/mol. The maximum Gasteiger partial charge on any atom is 0.257 e. The van der Waals surface area contributed by atoms with E-state index in [1.807, 2.05) is 42.5 Å². The van der Waals surface area contributed by atoms with Crippen molar-refractivity contribution < 1.29 is 9.59 Å². The van der Waals surface area contributed by atoms with Crippen LogP contribution in [0.5, 0.6) is 0 Å². The van der Waals surface area contributed by atoms with E-state index < -0.39 is 0 Å². The summed E-state index contributed by atoms with van der Waals surface area (Å²) in [7, 11) is 0. The minimum absolute atomic E-state index is 0.100. The second-order valence-electron chi connectivity index (χ2n) is 9.12. The van der Waals surface area contributed by atoms with Crippen LogP contribution >= 0.6 is 0 Å².